The summed E-state index contributed by atoms with van der Waals surface area (Å²) < 4.78 is 22.1. The van der Waals surface area contributed by atoms with E-state index in [1.54, 1.807) is 47.7 Å². The number of nitrogens with two attached hydrogens (primary N) is 1. The average Bonchev–Trinajstić information content (AvgIpc) is 3.23. The van der Waals surface area contributed by atoms with Crippen molar-refractivity contribution in [2.75, 3.05) is 24.8 Å². The number of benzene rings is 2. The number of rotatable bonds is 7. The Morgan fingerprint density at radius 2 is 2.00 bits per heavy atom. The highest BCUT2D eigenvalue weighted by atomic mass is 32.1. The first-order chi connectivity index (χ1) is 13.9. The number of anilines is 2. The summed E-state index contributed by atoms with van der Waals surface area (Å²) in [4.78, 5) is 13.4. The van der Waals surface area contributed by atoms with Gasteiger partial charge in [0.15, 0.2) is 0 Å². The van der Waals surface area contributed by atoms with Crippen LogP contribution in [0, 0.1) is 0 Å². The summed E-state index contributed by atoms with van der Waals surface area (Å²) in [6, 6.07) is 16.4. The van der Waals surface area contributed by atoms with Crippen LogP contribution in [0.15, 0.2) is 66.1 Å². The average molecular weight is 428 g/mol. The van der Waals surface area contributed by atoms with E-state index < -0.39 is 7.60 Å². The number of thiophene rings is 1. The van der Waals surface area contributed by atoms with E-state index in [-0.39, 0.29) is 5.91 Å². The van der Waals surface area contributed by atoms with Crippen LogP contribution in [0.1, 0.15) is 5.56 Å². The number of nitrogen functional groups attached to an aromatic ring is 1. The van der Waals surface area contributed by atoms with E-state index in [0.29, 0.717) is 22.7 Å². The molecular formula is C21H21N2O4PS. The molecule has 0 aliphatic heterocycles. The fraction of sp³-hybridized carbons (Fsp3) is 0.0952. The Hall–Kier alpha value is -2.86. The maximum atomic E-state index is 12.3. The summed E-state index contributed by atoms with van der Waals surface area (Å²) in [5.74, 6) is 0.0811. The van der Waals surface area contributed by atoms with Crippen molar-refractivity contribution in [2.24, 2.45) is 0 Å². The van der Waals surface area contributed by atoms with E-state index in [1.807, 2.05) is 29.6 Å². The van der Waals surface area contributed by atoms with Crippen LogP contribution in [0.4, 0.5) is 11.4 Å². The smallest absolute Gasteiger partial charge is 0.375 e. The molecule has 150 valence electrons. The van der Waals surface area contributed by atoms with Crippen LogP contribution in [0.25, 0.3) is 16.5 Å². The highest BCUT2D eigenvalue weighted by Gasteiger charge is 2.15. The molecule has 0 bridgehead atoms. The van der Waals surface area contributed by atoms with Crippen molar-refractivity contribution in [1.82, 2.24) is 0 Å². The van der Waals surface area contributed by atoms with Gasteiger partial charge in [0.2, 0.25) is 5.91 Å². The van der Waals surface area contributed by atoms with Gasteiger partial charge in [0.25, 0.3) is 0 Å². The first-order valence-corrected chi connectivity index (χ1v) is 11.6. The van der Waals surface area contributed by atoms with E-state index in [0.717, 1.165) is 10.4 Å². The van der Waals surface area contributed by atoms with Crippen molar-refractivity contribution in [3.05, 3.63) is 71.6 Å². The van der Waals surface area contributed by atoms with Gasteiger partial charge in [0.05, 0.1) is 11.4 Å². The maximum Gasteiger partial charge on any atom is 0.375 e. The Morgan fingerprint density at radius 1 is 1.17 bits per heavy atom. The lowest BCUT2D eigenvalue weighted by Gasteiger charge is -2.12. The molecule has 1 heterocycles. The largest absolute Gasteiger partial charge is 0.425 e. The summed E-state index contributed by atoms with van der Waals surface area (Å²) in [7, 11) is -1.82. The predicted octanol–water partition coefficient (Wildman–Crippen LogP) is 5.50. The summed E-state index contributed by atoms with van der Waals surface area (Å²) in [5.41, 5.74) is 8.74. The highest BCUT2D eigenvalue weighted by molar-refractivity contribution is 7.53. The van der Waals surface area contributed by atoms with Gasteiger partial charge in [-0.2, -0.15) is 0 Å². The summed E-state index contributed by atoms with van der Waals surface area (Å²) in [5, 5.41) is 4.80. The molecule has 1 unspecified atom stereocenters. The molecule has 0 spiro atoms. The number of nitrogens with one attached hydrogen (secondary N) is 1. The van der Waals surface area contributed by atoms with Crippen molar-refractivity contribution >= 4 is 42.3 Å². The summed E-state index contributed by atoms with van der Waals surface area (Å²) >= 11 is 1.62. The molecule has 1 aromatic heterocycles. The quantitative estimate of drug-likeness (QED) is 0.295. The van der Waals surface area contributed by atoms with Gasteiger partial charge in [-0.3, -0.25) is 4.79 Å². The van der Waals surface area contributed by atoms with Crippen LogP contribution >= 0.6 is 18.9 Å². The van der Waals surface area contributed by atoms with E-state index in [4.69, 9.17) is 14.8 Å². The molecule has 3 aromatic rings. The van der Waals surface area contributed by atoms with Crippen molar-refractivity contribution in [3.63, 3.8) is 0 Å². The Kier molecular flexibility index (Phi) is 6.54. The molecule has 8 heteroatoms. The zero-order valence-electron chi connectivity index (χ0n) is 16.0. The van der Waals surface area contributed by atoms with Crippen molar-refractivity contribution in [1.29, 1.82) is 0 Å². The first-order valence-electron chi connectivity index (χ1n) is 8.72. The van der Waals surface area contributed by atoms with Crippen LogP contribution in [0.5, 0.6) is 5.75 Å². The van der Waals surface area contributed by atoms with Crippen LogP contribution in [0.2, 0.25) is 0 Å². The van der Waals surface area contributed by atoms with Crippen LogP contribution in [0.3, 0.4) is 0 Å². The van der Waals surface area contributed by atoms with E-state index in [1.165, 1.54) is 19.9 Å². The molecule has 0 aliphatic rings. The van der Waals surface area contributed by atoms with Crippen LogP contribution in [-0.4, -0.2) is 19.7 Å². The van der Waals surface area contributed by atoms with Gasteiger partial charge in [-0.15, -0.1) is 11.3 Å². The minimum atomic E-state index is -3.15. The molecule has 0 saturated carbocycles. The number of carbonyl (C=O) groups excluding carboxylic acids is 1. The van der Waals surface area contributed by atoms with Gasteiger partial charge in [-0.1, -0.05) is 24.3 Å². The zero-order chi connectivity index (χ0) is 20.9. The normalized spacial score (nSPS) is 13.2. The molecule has 6 nitrogen and oxygen atoms in total. The third kappa shape index (κ3) is 5.81. The fourth-order valence-corrected chi connectivity index (χ4v) is 3.81. The van der Waals surface area contributed by atoms with Gasteiger partial charge >= 0.3 is 7.60 Å². The Balaban J connectivity index is 1.70. The lowest BCUT2D eigenvalue weighted by atomic mass is 10.1. The summed E-state index contributed by atoms with van der Waals surface area (Å²) in [6.45, 7) is 1.39. The number of hydrogen-bond donors (Lipinski definition) is 2. The Morgan fingerprint density at radius 3 is 2.72 bits per heavy atom. The predicted molar refractivity (Wildman–Crippen MR) is 119 cm³/mol. The van der Waals surface area contributed by atoms with E-state index in [9.17, 15) is 9.36 Å². The van der Waals surface area contributed by atoms with Crippen LogP contribution in [-0.2, 0) is 13.9 Å². The van der Waals surface area contributed by atoms with Crippen molar-refractivity contribution in [3.8, 4) is 16.2 Å². The van der Waals surface area contributed by atoms with Crippen LogP contribution < -0.4 is 15.6 Å². The monoisotopic (exact) mass is 428 g/mol. The van der Waals surface area contributed by atoms with E-state index >= 15 is 0 Å². The highest BCUT2D eigenvalue weighted by Crippen LogP contribution is 2.43. The lowest BCUT2D eigenvalue weighted by molar-refractivity contribution is -0.111. The molecular weight excluding hydrogens is 407 g/mol. The molecule has 29 heavy (non-hydrogen) atoms. The SMILES string of the molecule is COP(C)(=O)Oc1cccc(C=CC(=O)Nc2cc(-c3cccs3)ccc2N)c1. The van der Waals surface area contributed by atoms with Crippen molar-refractivity contribution < 1.29 is 18.4 Å². The lowest BCUT2D eigenvalue weighted by Crippen LogP contribution is -2.09. The van der Waals surface area contributed by atoms with Crippen molar-refractivity contribution in [2.45, 2.75) is 0 Å². The van der Waals surface area contributed by atoms with Gasteiger partial charge in [0, 0.05) is 24.7 Å². The maximum absolute atomic E-state index is 12.3. The van der Waals surface area contributed by atoms with Gasteiger partial charge in [0.1, 0.15) is 5.75 Å². The molecule has 2 aromatic carbocycles. The minimum absolute atomic E-state index is 0.315. The molecule has 0 fully saturated rings. The number of hydrogen-bond acceptors (Lipinski definition) is 6. The molecule has 1 atom stereocenters. The molecule has 0 saturated heterocycles. The molecule has 3 N–H and O–H groups in total. The zero-order valence-corrected chi connectivity index (χ0v) is 17.7. The summed E-state index contributed by atoms with van der Waals surface area (Å²) in [6.07, 6.45) is 3.03. The molecule has 1 amide bonds. The third-order valence-corrected chi connectivity index (χ3v) is 6.13. The second kappa shape index (κ2) is 9.09. The standard InChI is InChI=1S/C21H21N2O4PS/c1-26-28(2,25)27-17-6-3-5-15(13-17)8-11-21(24)23-19-14-16(9-10-18(19)22)20-7-4-12-29-20/h3-14H,22H2,1-2H3,(H,23,24). The number of amides is 1. The molecule has 3 rings (SSSR count). The second-order valence-corrected chi connectivity index (χ2v) is 9.26. The molecule has 0 radical (unpaired) electrons. The Labute approximate surface area is 173 Å². The van der Waals surface area contributed by atoms with Gasteiger partial charge in [-0.25, -0.2) is 4.57 Å². The second-order valence-electron chi connectivity index (χ2n) is 6.22. The third-order valence-electron chi connectivity index (χ3n) is 4.00. The fourth-order valence-electron chi connectivity index (χ4n) is 2.51. The number of carbonyl (C=O) groups is 1. The minimum Gasteiger partial charge on any atom is -0.425 e. The molecule has 0 aliphatic carbocycles. The van der Waals surface area contributed by atoms with Gasteiger partial charge < -0.3 is 20.1 Å². The topological polar surface area (TPSA) is 90.6 Å². The first kappa shape index (κ1) is 20.9. The van der Waals surface area contributed by atoms with E-state index in [2.05, 4.69) is 5.32 Å². The van der Waals surface area contributed by atoms with Gasteiger partial charge in [-0.05, 0) is 52.9 Å². The Bertz CT molecular complexity index is 1080.